The Morgan fingerprint density at radius 2 is 1.83 bits per heavy atom. The highest BCUT2D eigenvalue weighted by Crippen LogP contribution is 2.06. The van der Waals surface area contributed by atoms with Gasteiger partial charge in [-0.05, 0) is 30.4 Å². The van der Waals surface area contributed by atoms with E-state index in [2.05, 4.69) is 36.5 Å². The summed E-state index contributed by atoms with van der Waals surface area (Å²) in [6.45, 7) is 4.59. The second-order valence-electron chi connectivity index (χ2n) is 4.50. The molecule has 1 unspecified atom stereocenters. The zero-order valence-corrected chi connectivity index (χ0v) is 11.3. The molecule has 0 heterocycles. The van der Waals surface area contributed by atoms with Crippen LogP contribution < -0.4 is 5.32 Å². The number of amides is 1. The Morgan fingerprint density at radius 3 is 2.33 bits per heavy atom. The molecule has 0 radical (unpaired) electrons. The van der Waals surface area contributed by atoms with Crippen LogP contribution in [0.15, 0.2) is 24.3 Å². The third kappa shape index (κ3) is 4.49. The first-order valence-electron chi connectivity index (χ1n) is 6.67. The second kappa shape index (κ2) is 7.88. The largest absolute Gasteiger partial charge is 0.396 e. The zero-order valence-electron chi connectivity index (χ0n) is 11.3. The van der Waals surface area contributed by atoms with Crippen LogP contribution in [-0.2, 0) is 17.6 Å². The summed E-state index contributed by atoms with van der Waals surface area (Å²) in [4.78, 5) is 11.6. The molecule has 0 spiro atoms. The summed E-state index contributed by atoms with van der Waals surface area (Å²) in [5.41, 5.74) is 2.55. The molecule has 0 fully saturated rings. The fraction of sp³-hybridized carbons (Fsp3) is 0.533. The minimum absolute atomic E-state index is 0.0508. The Balaban J connectivity index is 2.34. The van der Waals surface area contributed by atoms with Crippen LogP contribution in [0.5, 0.6) is 0 Å². The van der Waals surface area contributed by atoms with E-state index >= 15 is 0 Å². The highest BCUT2D eigenvalue weighted by Gasteiger charge is 2.13. The van der Waals surface area contributed by atoms with Gasteiger partial charge in [0.25, 0.3) is 0 Å². The van der Waals surface area contributed by atoms with Gasteiger partial charge in [-0.2, -0.15) is 0 Å². The van der Waals surface area contributed by atoms with Crippen molar-refractivity contribution in [3.63, 3.8) is 0 Å². The molecule has 0 saturated heterocycles. The summed E-state index contributed by atoms with van der Waals surface area (Å²) < 4.78 is 0. The van der Waals surface area contributed by atoms with Crippen LogP contribution in [0.3, 0.4) is 0 Å². The summed E-state index contributed by atoms with van der Waals surface area (Å²) in [6, 6.07) is 8.46. The number of hydrogen-bond donors (Lipinski definition) is 2. The highest BCUT2D eigenvalue weighted by atomic mass is 16.3. The van der Waals surface area contributed by atoms with Crippen LogP contribution >= 0.6 is 0 Å². The summed E-state index contributed by atoms with van der Waals surface area (Å²) in [6.07, 6.45) is 2.55. The molecule has 1 rings (SSSR count). The lowest BCUT2D eigenvalue weighted by atomic mass is 10.1. The van der Waals surface area contributed by atoms with Crippen molar-refractivity contribution in [2.24, 2.45) is 5.92 Å². The van der Waals surface area contributed by atoms with Gasteiger partial charge in [-0.3, -0.25) is 4.79 Å². The van der Waals surface area contributed by atoms with Crippen LogP contribution in [0, 0.1) is 5.92 Å². The van der Waals surface area contributed by atoms with Crippen molar-refractivity contribution >= 4 is 5.91 Å². The Hall–Kier alpha value is -1.35. The molecule has 0 aliphatic rings. The first-order chi connectivity index (χ1) is 8.71. The van der Waals surface area contributed by atoms with Crippen LogP contribution in [0.2, 0.25) is 0 Å². The predicted octanol–water partition coefficient (Wildman–Crippen LogP) is 1.93. The molecule has 0 aliphatic carbocycles. The number of nitrogens with one attached hydrogen (secondary N) is 1. The predicted molar refractivity (Wildman–Crippen MR) is 73.4 cm³/mol. The number of carbonyl (C=O) groups is 1. The number of carbonyl (C=O) groups excluding carboxylic acids is 1. The van der Waals surface area contributed by atoms with Gasteiger partial charge in [0.1, 0.15) is 0 Å². The number of hydrogen-bond acceptors (Lipinski definition) is 2. The number of aryl methyl sites for hydroxylation is 1. The minimum Gasteiger partial charge on any atom is -0.396 e. The normalized spacial score (nSPS) is 12.2. The summed E-state index contributed by atoms with van der Waals surface area (Å²) >= 11 is 0. The lowest BCUT2D eigenvalue weighted by molar-refractivity contribution is -0.126. The standard InChI is InChI=1S/C15H23NO2/c1-3-12-5-7-13(8-6-12)9-10-16-15(18)14(4-2)11-17/h5-8,14,17H,3-4,9-11H2,1-2H3,(H,16,18). The van der Waals surface area contributed by atoms with Crippen molar-refractivity contribution in [2.75, 3.05) is 13.2 Å². The van der Waals surface area contributed by atoms with E-state index in [1.54, 1.807) is 0 Å². The molecular formula is C15H23NO2. The van der Waals surface area contributed by atoms with Crippen LogP contribution in [0.1, 0.15) is 31.4 Å². The first-order valence-corrected chi connectivity index (χ1v) is 6.67. The second-order valence-corrected chi connectivity index (χ2v) is 4.50. The van der Waals surface area contributed by atoms with Crippen molar-refractivity contribution in [3.05, 3.63) is 35.4 Å². The number of aliphatic hydroxyl groups is 1. The van der Waals surface area contributed by atoms with E-state index in [-0.39, 0.29) is 18.4 Å². The molecule has 0 bridgehead atoms. The average molecular weight is 249 g/mol. The van der Waals surface area contributed by atoms with Gasteiger partial charge in [-0.1, -0.05) is 38.1 Å². The molecule has 1 atom stereocenters. The fourth-order valence-electron chi connectivity index (χ4n) is 1.81. The van der Waals surface area contributed by atoms with Crippen molar-refractivity contribution < 1.29 is 9.90 Å². The van der Waals surface area contributed by atoms with Crippen molar-refractivity contribution in [3.8, 4) is 0 Å². The summed E-state index contributed by atoms with van der Waals surface area (Å²) in [5.74, 6) is -0.322. The van der Waals surface area contributed by atoms with Gasteiger partial charge < -0.3 is 10.4 Å². The lowest BCUT2D eigenvalue weighted by Crippen LogP contribution is -2.33. The Labute approximate surface area is 109 Å². The fourth-order valence-corrected chi connectivity index (χ4v) is 1.81. The third-order valence-corrected chi connectivity index (χ3v) is 3.23. The molecule has 0 aliphatic heterocycles. The van der Waals surface area contributed by atoms with Gasteiger partial charge in [0.15, 0.2) is 0 Å². The van der Waals surface area contributed by atoms with E-state index in [9.17, 15) is 4.79 Å². The molecule has 0 saturated carbocycles. The van der Waals surface area contributed by atoms with Gasteiger partial charge in [-0.25, -0.2) is 0 Å². The summed E-state index contributed by atoms with van der Waals surface area (Å²) in [5, 5.41) is 11.9. The van der Waals surface area contributed by atoms with Crippen molar-refractivity contribution in [1.29, 1.82) is 0 Å². The van der Waals surface area contributed by atoms with Crippen LogP contribution in [0.25, 0.3) is 0 Å². The SMILES string of the molecule is CCc1ccc(CCNC(=O)C(CC)CO)cc1. The maximum Gasteiger partial charge on any atom is 0.225 e. The maximum atomic E-state index is 11.6. The molecule has 3 heteroatoms. The third-order valence-electron chi connectivity index (χ3n) is 3.23. The molecular weight excluding hydrogens is 226 g/mol. The van der Waals surface area contributed by atoms with Crippen molar-refractivity contribution in [2.45, 2.75) is 33.1 Å². The Morgan fingerprint density at radius 1 is 1.22 bits per heavy atom. The molecule has 2 N–H and O–H groups in total. The average Bonchev–Trinajstić information content (AvgIpc) is 2.41. The topological polar surface area (TPSA) is 49.3 Å². The molecule has 3 nitrogen and oxygen atoms in total. The lowest BCUT2D eigenvalue weighted by Gasteiger charge is -2.12. The molecule has 18 heavy (non-hydrogen) atoms. The van der Waals surface area contributed by atoms with E-state index in [1.807, 2.05) is 6.92 Å². The van der Waals surface area contributed by atoms with Gasteiger partial charge >= 0.3 is 0 Å². The molecule has 1 aromatic carbocycles. The maximum absolute atomic E-state index is 11.6. The molecule has 100 valence electrons. The van der Waals surface area contributed by atoms with Crippen molar-refractivity contribution in [1.82, 2.24) is 5.32 Å². The highest BCUT2D eigenvalue weighted by molar-refractivity contribution is 5.78. The van der Waals surface area contributed by atoms with Gasteiger partial charge in [0.2, 0.25) is 5.91 Å². The van der Waals surface area contributed by atoms with Gasteiger partial charge in [0.05, 0.1) is 12.5 Å². The van der Waals surface area contributed by atoms with E-state index in [0.717, 1.165) is 12.8 Å². The Kier molecular flexibility index (Phi) is 6.44. The van der Waals surface area contributed by atoms with Crippen LogP contribution in [0.4, 0.5) is 0 Å². The summed E-state index contributed by atoms with van der Waals surface area (Å²) in [7, 11) is 0. The van der Waals surface area contributed by atoms with Gasteiger partial charge in [-0.15, -0.1) is 0 Å². The number of benzene rings is 1. The van der Waals surface area contributed by atoms with Gasteiger partial charge in [0, 0.05) is 6.54 Å². The minimum atomic E-state index is -0.271. The number of aliphatic hydroxyl groups excluding tert-OH is 1. The molecule has 1 aromatic rings. The van der Waals surface area contributed by atoms with E-state index in [1.165, 1.54) is 11.1 Å². The zero-order chi connectivity index (χ0) is 13.4. The van der Waals surface area contributed by atoms with Crippen LogP contribution in [-0.4, -0.2) is 24.2 Å². The Bertz CT molecular complexity index is 355. The smallest absolute Gasteiger partial charge is 0.225 e. The van der Waals surface area contributed by atoms with E-state index in [0.29, 0.717) is 13.0 Å². The monoisotopic (exact) mass is 249 g/mol. The molecule has 0 aromatic heterocycles. The van der Waals surface area contributed by atoms with E-state index < -0.39 is 0 Å². The first kappa shape index (κ1) is 14.7. The quantitative estimate of drug-likeness (QED) is 0.775. The number of rotatable bonds is 7. The molecule has 1 amide bonds. The van der Waals surface area contributed by atoms with E-state index in [4.69, 9.17) is 5.11 Å².